The van der Waals surface area contributed by atoms with Gasteiger partial charge in [-0.3, -0.25) is 0 Å². The fraction of sp³-hybridized carbons (Fsp3) is 0.462. The van der Waals surface area contributed by atoms with Crippen LogP contribution in [0.4, 0.5) is 0 Å². The third kappa shape index (κ3) is 4.03. The lowest BCUT2D eigenvalue weighted by atomic mass is 10.1. The second-order valence-corrected chi connectivity index (χ2v) is 5.12. The van der Waals surface area contributed by atoms with E-state index in [9.17, 15) is 4.79 Å². The number of esters is 1. The Hall–Kier alpha value is -0.480. The zero-order chi connectivity index (χ0) is 12.7. The van der Waals surface area contributed by atoms with Crippen molar-refractivity contribution in [2.24, 2.45) is 0 Å². The fourth-order valence-corrected chi connectivity index (χ4v) is 2.73. The van der Waals surface area contributed by atoms with E-state index in [4.69, 9.17) is 4.74 Å². The smallest absolute Gasteiger partial charge is 0.339 e. The number of thioether (sulfide) groups is 1. The first-order valence-electron chi connectivity index (χ1n) is 5.63. The summed E-state index contributed by atoms with van der Waals surface area (Å²) < 4.78 is 5.07. The number of carbonyl (C=O) groups excluding carboxylic acids is 1. The number of benzene rings is 1. The van der Waals surface area contributed by atoms with Gasteiger partial charge in [0.25, 0.3) is 0 Å². The highest BCUT2D eigenvalue weighted by atomic mass is 79.9. The molecule has 94 valence electrons. The number of halogens is 1. The molecule has 0 unspecified atom stereocenters. The molecule has 0 bridgehead atoms. The van der Waals surface area contributed by atoms with Crippen LogP contribution in [0.25, 0.3) is 0 Å². The van der Waals surface area contributed by atoms with Gasteiger partial charge in [-0.1, -0.05) is 28.1 Å². The summed E-state index contributed by atoms with van der Waals surface area (Å²) >= 11 is 5.04. The summed E-state index contributed by atoms with van der Waals surface area (Å²) in [5.41, 5.74) is 1.91. The molecule has 0 aliphatic rings. The average Bonchev–Trinajstić information content (AvgIpc) is 2.36. The first-order valence-corrected chi connectivity index (χ1v) is 7.98. The standard InChI is InChI=1S/C13H17BrO2S/c1-3-16-13(15)11-8-4-6-10(7-5-9-14)12(11)17-2/h4,6,8H,3,5,7,9H2,1-2H3. The van der Waals surface area contributed by atoms with Crippen LogP contribution in [0.2, 0.25) is 0 Å². The minimum Gasteiger partial charge on any atom is -0.462 e. The number of rotatable bonds is 6. The van der Waals surface area contributed by atoms with Gasteiger partial charge >= 0.3 is 5.97 Å². The molecule has 1 aromatic carbocycles. The average molecular weight is 317 g/mol. The minimum absolute atomic E-state index is 0.224. The van der Waals surface area contributed by atoms with Crippen LogP contribution in [0.5, 0.6) is 0 Å². The van der Waals surface area contributed by atoms with Gasteiger partial charge in [0.05, 0.1) is 12.2 Å². The molecular formula is C13H17BrO2S. The van der Waals surface area contributed by atoms with E-state index in [1.165, 1.54) is 5.56 Å². The van der Waals surface area contributed by atoms with E-state index < -0.39 is 0 Å². The second-order valence-electron chi connectivity index (χ2n) is 3.51. The number of carbonyl (C=O) groups is 1. The van der Waals surface area contributed by atoms with E-state index in [0.717, 1.165) is 23.1 Å². The van der Waals surface area contributed by atoms with Gasteiger partial charge in [-0.15, -0.1) is 11.8 Å². The summed E-state index contributed by atoms with van der Waals surface area (Å²) in [7, 11) is 0. The van der Waals surface area contributed by atoms with Crippen molar-refractivity contribution in [3.63, 3.8) is 0 Å². The molecule has 1 rings (SSSR count). The molecule has 0 fully saturated rings. The molecule has 0 radical (unpaired) electrons. The number of aryl methyl sites for hydroxylation is 1. The monoisotopic (exact) mass is 316 g/mol. The summed E-state index contributed by atoms with van der Waals surface area (Å²) in [6, 6.07) is 5.84. The van der Waals surface area contributed by atoms with E-state index in [0.29, 0.717) is 12.2 Å². The van der Waals surface area contributed by atoms with Crippen LogP contribution >= 0.6 is 27.7 Å². The summed E-state index contributed by atoms with van der Waals surface area (Å²) in [6.45, 7) is 2.24. The van der Waals surface area contributed by atoms with Gasteiger partial charge in [0.2, 0.25) is 0 Å². The number of alkyl halides is 1. The number of ether oxygens (including phenoxy) is 1. The van der Waals surface area contributed by atoms with Crippen molar-refractivity contribution < 1.29 is 9.53 Å². The Bertz CT molecular complexity index is 380. The molecule has 0 N–H and O–H groups in total. The van der Waals surface area contributed by atoms with Crippen LogP contribution in [-0.2, 0) is 11.2 Å². The van der Waals surface area contributed by atoms with Crippen LogP contribution in [0.1, 0.15) is 29.3 Å². The van der Waals surface area contributed by atoms with E-state index in [1.54, 1.807) is 11.8 Å². The first kappa shape index (κ1) is 14.6. The summed E-state index contributed by atoms with van der Waals surface area (Å²) in [5, 5.41) is 0.977. The van der Waals surface area contributed by atoms with E-state index in [-0.39, 0.29) is 5.97 Å². The summed E-state index contributed by atoms with van der Waals surface area (Å²) in [4.78, 5) is 12.9. The maximum absolute atomic E-state index is 11.8. The SMILES string of the molecule is CCOC(=O)c1cccc(CCCBr)c1SC. The van der Waals surface area contributed by atoms with Crippen molar-refractivity contribution >= 4 is 33.7 Å². The van der Waals surface area contributed by atoms with Crippen LogP contribution < -0.4 is 0 Å². The Balaban J connectivity index is 3.00. The van der Waals surface area contributed by atoms with Crippen LogP contribution in [-0.4, -0.2) is 24.2 Å². The van der Waals surface area contributed by atoms with Gasteiger partial charge in [0.15, 0.2) is 0 Å². The maximum Gasteiger partial charge on any atom is 0.339 e. The quantitative estimate of drug-likeness (QED) is 0.452. The lowest BCUT2D eigenvalue weighted by molar-refractivity contribution is 0.0522. The molecule has 4 heteroatoms. The summed E-state index contributed by atoms with van der Waals surface area (Å²) in [6.07, 6.45) is 4.05. The maximum atomic E-state index is 11.8. The third-order valence-corrected chi connectivity index (χ3v) is 3.83. The Morgan fingerprint density at radius 1 is 1.47 bits per heavy atom. The number of hydrogen-bond donors (Lipinski definition) is 0. The van der Waals surface area contributed by atoms with E-state index in [2.05, 4.69) is 22.0 Å². The lowest BCUT2D eigenvalue weighted by Crippen LogP contribution is -2.07. The molecule has 2 nitrogen and oxygen atoms in total. The molecule has 0 aromatic heterocycles. The van der Waals surface area contributed by atoms with Gasteiger partial charge in [0.1, 0.15) is 0 Å². The Morgan fingerprint density at radius 3 is 2.82 bits per heavy atom. The highest BCUT2D eigenvalue weighted by molar-refractivity contribution is 9.09. The molecule has 0 amide bonds. The Labute approximate surface area is 115 Å². The van der Waals surface area contributed by atoms with Gasteiger partial charge in [-0.25, -0.2) is 4.79 Å². The Kier molecular flexibility index (Phi) is 6.66. The molecule has 0 aliphatic heterocycles. The molecule has 0 atom stereocenters. The molecule has 1 aromatic rings. The Morgan fingerprint density at radius 2 is 2.24 bits per heavy atom. The van der Waals surface area contributed by atoms with Crippen LogP contribution in [0.15, 0.2) is 23.1 Å². The topological polar surface area (TPSA) is 26.3 Å². The molecular weight excluding hydrogens is 300 g/mol. The molecule has 0 aliphatic carbocycles. The fourth-order valence-electron chi connectivity index (χ4n) is 1.65. The van der Waals surface area contributed by atoms with Gasteiger partial charge < -0.3 is 4.74 Å². The van der Waals surface area contributed by atoms with Gasteiger partial charge in [-0.2, -0.15) is 0 Å². The van der Waals surface area contributed by atoms with Crippen molar-refractivity contribution in [3.05, 3.63) is 29.3 Å². The van der Waals surface area contributed by atoms with Crippen molar-refractivity contribution in [1.29, 1.82) is 0 Å². The third-order valence-electron chi connectivity index (χ3n) is 2.38. The second kappa shape index (κ2) is 7.77. The van der Waals surface area contributed by atoms with Crippen molar-refractivity contribution in [2.75, 3.05) is 18.2 Å². The van der Waals surface area contributed by atoms with Gasteiger partial charge in [0, 0.05) is 10.2 Å². The normalized spacial score (nSPS) is 10.3. The van der Waals surface area contributed by atoms with Crippen LogP contribution in [0, 0.1) is 0 Å². The predicted molar refractivity (Wildman–Crippen MR) is 76.3 cm³/mol. The minimum atomic E-state index is -0.224. The van der Waals surface area contributed by atoms with Crippen molar-refractivity contribution in [3.8, 4) is 0 Å². The lowest BCUT2D eigenvalue weighted by Gasteiger charge is -2.11. The summed E-state index contributed by atoms with van der Waals surface area (Å²) in [5.74, 6) is -0.224. The zero-order valence-electron chi connectivity index (χ0n) is 10.2. The highest BCUT2D eigenvalue weighted by Gasteiger charge is 2.14. The van der Waals surface area contributed by atoms with Crippen molar-refractivity contribution in [1.82, 2.24) is 0 Å². The highest BCUT2D eigenvalue weighted by Crippen LogP contribution is 2.27. The van der Waals surface area contributed by atoms with E-state index in [1.807, 2.05) is 25.3 Å². The van der Waals surface area contributed by atoms with E-state index >= 15 is 0 Å². The van der Waals surface area contributed by atoms with Crippen molar-refractivity contribution in [2.45, 2.75) is 24.7 Å². The molecule has 0 heterocycles. The number of hydrogen-bond acceptors (Lipinski definition) is 3. The van der Waals surface area contributed by atoms with Gasteiger partial charge in [-0.05, 0) is 37.7 Å². The molecule has 17 heavy (non-hydrogen) atoms. The molecule has 0 saturated heterocycles. The zero-order valence-corrected chi connectivity index (χ0v) is 12.6. The molecule has 0 spiro atoms. The van der Waals surface area contributed by atoms with Crippen LogP contribution in [0.3, 0.4) is 0 Å². The largest absolute Gasteiger partial charge is 0.462 e. The molecule has 0 saturated carbocycles. The first-order chi connectivity index (χ1) is 8.24. The predicted octanol–water partition coefficient (Wildman–Crippen LogP) is 3.91.